The molecule has 1 N–H and O–H groups in total. The van der Waals surface area contributed by atoms with Crippen molar-refractivity contribution >= 4 is 40.4 Å². The van der Waals surface area contributed by atoms with Crippen molar-refractivity contribution in [3.05, 3.63) is 45.8 Å². The highest BCUT2D eigenvalue weighted by atomic mass is 35.5. The predicted octanol–water partition coefficient (Wildman–Crippen LogP) is 5.27. The number of hydrogen-bond acceptors (Lipinski definition) is 4. The molecule has 0 saturated carbocycles. The van der Waals surface area contributed by atoms with Crippen molar-refractivity contribution in [1.29, 1.82) is 0 Å². The normalized spacial score (nSPS) is 18.0. The second-order valence-corrected chi connectivity index (χ2v) is 8.24. The van der Waals surface area contributed by atoms with E-state index in [4.69, 9.17) is 11.6 Å². The first-order valence-electron chi connectivity index (χ1n) is 8.38. The number of rotatable bonds is 2. The lowest BCUT2D eigenvalue weighted by Gasteiger charge is -2.43. The molecule has 2 amide bonds. The molecule has 0 bridgehead atoms. The lowest BCUT2D eigenvalue weighted by Crippen LogP contribution is -2.52. The van der Waals surface area contributed by atoms with E-state index in [1.165, 1.54) is 6.08 Å². The van der Waals surface area contributed by atoms with Gasteiger partial charge in [0.05, 0.1) is 0 Å². The Labute approximate surface area is 165 Å². The number of carbonyl (C=O) groups excluding carboxylic acids is 1. The van der Waals surface area contributed by atoms with E-state index in [1.54, 1.807) is 11.8 Å². The van der Waals surface area contributed by atoms with Gasteiger partial charge in [0, 0.05) is 34.2 Å². The molecule has 3 rings (SSSR count). The minimum atomic E-state index is -0.697. The van der Waals surface area contributed by atoms with Crippen molar-refractivity contribution in [2.24, 2.45) is 0 Å². The van der Waals surface area contributed by atoms with Crippen LogP contribution in [-0.2, 0) is 0 Å². The standard InChI is InChI=1S/C18H19ClF2N4OS/c1-10-22-16(27-24-10)23-17(26)25-5-4-11(9-18(25,2)3)6-13-14(20)7-12(19)8-15(13)21/h6-8H,4-5,9H2,1-3H3,(H,22,23,24,26)/b11-6-. The molecular formula is C18H19ClF2N4OS. The van der Waals surface area contributed by atoms with Crippen LogP contribution in [0.25, 0.3) is 6.08 Å². The van der Waals surface area contributed by atoms with Gasteiger partial charge >= 0.3 is 6.03 Å². The number of carbonyl (C=O) groups is 1. The van der Waals surface area contributed by atoms with Crippen molar-refractivity contribution in [3.63, 3.8) is 0 Å². The molecule has 9 heteroatoms. The maximum atomic E-state index is 14.1. The quantitative estimate of drug-likeness (QED) is 0.731. The summed E-state index contributed by atoms with van der Waals surface area (Å²) in [7, 11) is 0. The molecule has 0 spiro atoms. The average molecular weight is 413 g/mol. The van der Waals surface area contributed by atoms with Crippen LogP contribution in [0.1, 0.15) is 38.1 Å². The zero-order chi connectivity index (χ0) is 19.8. The predicted molar refractivity (Wildman–Crippen MR) is 103 cm³/mol. The lowest BCUT2D eigenvalue weighted by atomic mass is 9.86. The summed E-state index contributed by atoms with van der Waals surface area (Å²) in [5.41, 5.74) is 0.246. The molecule has 5 nitrogen and oxygen atoms in total. The monoisotopic (exact) mass is 412 g/mol. The molecule has 0 unspecified atom stereocenters. The molecule has 2 aromatic rings. The maximum Gasteiger partial charge on any atom is 0.324 e. The second kappa shape index (κ2) is 7.52. The van der Waals surface area contributed by atoms with E-state index >= 15 is 0 Å². The van der Waals surface area contributed by atoms with Gasteiger partial charge < -0.3 is 4.90 Å². The number of piperidine rings is 1. The molecule has 1 aromatic heterocycles. The number of aryl methyl sites for hydroxylation is 1. The Morgan fingerprint density at radius 2 is 2.04 bits per heavy atom. The number of benzene rings is 1. The second-order valence-electron chi connectivity index (χ2n) is 7.05. The van der Waals surface area contributed by atoms with Crippen molar-refractivity contribution in [1.82, 2.24) is 14.3 Å². The first kappa shape index (κ1) is 19.7. The van der Waals surface area contributed by atoms with Gasteiger partial charge in [-0.15, -0.1) is 0 Å². The Bertz CT molecular complexity index is 890. The number of aromatic nitrogens is 2. The highest BCUT2D eigenvalue weighted by molar-refractivity contribution is 7.09. The number of nitrogens with one attached hydrogen (secondary N) is 1. The van der Waals surface area contributed by atoms with Gasteiger partial charge in [0.25, 0.3) is 0 Å². The molecule has 0 radical (unpaired) electrons. The van der Waals surface area contributed by atoms with E-state index in [2.05, 4.69) is 14.7 Å². The van der Waals surface area contributed by atoms with E-state index in [0.29, 0.717) is 30.3 Å². The molecule has 1 fully saturated rings. The molecular weight excluding hydrogens is 394 g/mol. The molecule has 0 aliphatic carbocycles. The number of hydrogen-bond donors (Lipinski definition) is 1. The minimum absolute atomic E-state index is 0.0193. The van der Waals surface area contributed by atoms with Crippen LogP contribution in [0.4, 0.5) is 18.7 Å². The molecule has 2 heterocycles. The van der Waals surface area contributed by atoms with Gasteiger partial charge in [0.15, 0.2) is 0 Å². The van der Waals surface area contributed by atoms with Gasteiger partial charge in [-0.25, -0.2) is 18.6 Å². The van der Waals surface area contributed by atoms with Gasteiger partial charge in [-0.3, -0.25) is 5.32 Å². The van der Waals surface area contributed by atoms with Crippen LogP contribution >= 0.6 is 23.1 Å². The van der Waals surface area contributed by atoms with E-state index in [-0.39, 0.29) is 16.6 Å². The van der Waals surface area contributed by atoms with Crippen molar-refractivity contribution in [2.75, 3.05) is 11.9 Å². The summed E-state index contributed by atoms with van der Waals surface area (Å²) in [5, 5.41) is 3.22. The topological polar surface area (TPSA) is 58.1 Å². The zero-order valence-electron chi connectivity index (χ0n) is 15.1. The Hall–Kier alpha value is -2.06. The van der Waals surface area contributed by atoms with Crippen LogP contribution in [0, 0.1) is 18.6 Å². The van der Waals surface area contributed by atoms with E-state index < -0.39 is 17.2 Å². The van der Waals surface area contributed by atoms with E-state index in [9.17, 15) is 13.6 Å². The summed E-state index contributed by atoms with van der Waals surface area (Å²) < 4.78 is 32.1. The highest BCUT2D eigenvalue weighted by Crippen LogP contribution is 2.34. The van der Waals surface area contributed by atoms with Crippen LogP contribution in [0.3, 0.4) is 0 Å². The lowest BCUT2D eigenvalue weighted by molar-refractivity contribution is 0.131. The third-order valence-corrected chi connectivity index (χ3v) is 5.37. The smallest absolute Gasteiger partial charge is 0.319 e. The van der Waals surface area contributed by atoms with Gasteiger partial charge in [0.1, 0.15) is 17.5 Å². The number of amides is 2. The van der Waals surface area contributed by atoms with Gasteiger partial charge in [0.2, 0.25) is 5.13 Å². The Morgan fingerprint density at radius 3 is 2.59 bits per heavy atom. The van der Waals surface area contributed by atoms with Crippen LogP contribution < -0.4 is 5.32 Å². The molecule has 144 valence electrons. The van der Waals surface area contributed by atoms with Gasteiger partial charge in [-0.2, -0.15) is 4.37 Å². The largest absolute Gasteiger partial charge is 0.324 e. The summed E-state index contributed by atoms with van der Waals surface area (Å²) in [6.07, 6.45) is 2.54. The fourth-order valence-corrected chi connectivity index (χ4v) is 3.96. The van der Waals surface area contributed by atoms with Crippen LogP contribution in [0.15, 0.2) is 17.7 Å². The Morgan fingerprint density at radius 1 is 1.37 bits per heavy atom. The maximum absolute atomic E-state index is 14.1. The van der Waals surface area contributed by atoms with Crippen LogP contribution in [0.5, 0.6) is 0 Å². The third-order valence-electron chi connectivity index (χ3n) is 4.43. The number of urea groups is 1. The van der Waals surface area contributed by atoms with Gasteiger partial charge in [-0.1, -0.05) is 17.2 Å². The Balaban J connectivity index is 1.76. The molecule has 27 heavy (non-hydrogen) atoms. The average Bonchev–Trinajstić information content (AvgIpc) is 2.94. The summed E-state index contributed by atoms with van der Waals surface area (Å²) in [6, 6.07) is 1.92. The van der Waals surface area contributed by atoms with E-state index in [0.717, 1.165) is 29.2 Å². The molecule has 1 saturated heterocycles. The molecule has 0 atom stereocenters. The number of anilines is 1. The zero-order valence-corrected chi connectivity index (χ0v) is 16.7. The number of nitrogens with zero attached hydrogens (tertiary/aromatic N) is 3. The van der Waals surface area contributed by atoms with Gasteiger partial charge in [-0.05, 0) is 51.8 Å². The summed E-state index contributed by atoms with van der Waals surface area (Å²) in [5.74, 6) is -0.792. The number of likely N-dealkylation sites (tertiary alicyclic amines) is 1. The SMILES string of the molecule is Cc1nsc(NC(=O)N2CC/C(=C/c3c(F)cc(Cl)cc3F)CC2(C)C)n1. The third kappa shape index (κ3) is 4.44. The summed E-state index contributed by atoms with van der Waals surface area (Å²) in [4.78, 5) is 18.4. The molecule has 1 aliphatic rings. The highest BCUT2D eigenvalue weighted by Gasteiger charge is 2.35. The molecule has 1 aliphatic heterocycles. The van der Waals surface area contributed by atoms with Crippen LogP contribution in [-0.4, -0.2) is 32.4 Å². The number of halogens is 3. The summed E-state index contributed by atoms with van der Waals surface area (Å²) in [6.45, 7) is 6.02. The van der Waals surface area contributed by atoms with Crippen molar-refractivity contribution in [2.45, 2.75) is 39.2 Å². The Kier molecular flexibility index (Phi) is 5.48. The van der Waals surface area contributed by atoms with Crippen molar-refractivity contribution < 1.29 is 13.6 Å². The van der Waals surface area contributed by atoms with Crippen molar-refractivity contribution in [3.8, 4) is 0 Å². The fourth-order valence-electron chi connectivity index (χ4n) is 3.20. The molecule has 1 aromatic carbocycles. The summed E-state index contributed by atoms with van der Waals surface area (Å²) >= 11 is 6.80. The van der Waals surface area contributed by atoms with E-state index in [1.807, 2.05) is 13.8 Å². The first-order chi connectivity index (χ1) is 12.7. The fraction of sp³-hybridized carbons (Fsp3) is 0.389. The minimum Gasteiger partial charge on any atom is -0.319 e. The van der Waals surface area contributed by atoms with Crippen LogP contribution in [0.2, 0.25) is 5.02 Å². The first-order valence-corrected chi connectivity index (χ1v) is 9.54.